The summed E-state index contributed by atoms with van der Waals surface area (Å²) in [7, 11) is 1.64. The van der Waals surface area contributed by atoms with Crippen LogP contribution in [-0.4, -0.2) is 26.6 Å². The molecule has 0 unspecified atom stereocenters. The Kier molecular flexibility index (Phi) is 5.12. The Hall–Kier alpha value is -3.12. The number of imidazole rings is 1. The number of hydrogen-bond donors (Lipinski definition) is 1. The van der Waals surface area contributed by atoms with Crippen LogP contribution in [0.15, 0.2) is 54.9 Å². The second-order valence-electron chi connectivity index (χ2n) is 6.34. The third-order valence-electron chi connectivity index (χ3n) is 4.42. The van der Waals surface area contributed by atoms with Gasteiger partial charge in [0.2, 0.25) is 5.95 Å². The van der Waals surface area contributed by atoms with Gasteiger partial charge in [0, 0.05) is 24.6 Å². The Bertz CT molecular complexity index is 1090. The highest BCUT2D eigenvalue weighted by molar-refractivity contribution is 6.35. The van der Waals surface area contributed by atoms with E-state index >= 15 is 0 Å². The van der Waals surface area contributed by atoms with Crippen LogP contribution in [0.5, 0.6) is 5.75 Å². The summed E-state index contributed by atoms with van der Waals surface area (Å²) < 4.78 is 7.30. The van der Waals surface area contributed by atoms with Gasteiger partial charge < -0.3 is 14.6 Å². The molecular weight excluding hydrogens is 374 g/mol. The maximum Gasteiger partial charge on any atom is 0.227 e. The molecule has 6 nitrogen and oxygen atoms in total. The van der Waals surface area contributed by atoms with Gasteiger partial charge in [-0.25, -0.2) is 15.0 Å². The summed E-state index contributed by atoms with van der Waals surface area (Å²) in [5.74, 6) is 2.14. The Morgan fingerprint density at radius 2 is 1.82 bits per heavy atom. The number of para-hydroxylation sites is 1. The van der Waals surface area contributed by atoms with E-state index in [0.717, 1.165) is 46.8 Å². The lowest BCUT2D eigenvalue weighted by Gasteiger charge is -2.09. The van der Waals surface area contributed by atoms with E-state index in [1.165, 1.54) is 0 Å². The van der Waals surface area contributed by atoms with Crippen LogP contribution >= 0.6 is 11.6 Å². The summed E-state index contributed by atoms with van der Waals surface area (Å²) >= 11 is 6.42. The number of rotatable bonds is 6. The number of aromatic nitrogens is 4. The Labute approximate surface area is 168 Å². The molecule has 4 rings (SSSR count). The van der Waals surface area contributed by atoms with Gasteiger partial charge in [-0.1, -0.05) is 24.6 Å². The van der Waals surface area contributed by atoms with Crippen LogP contribution < -0.4 is 10.1 Å². The van der Waals surface area contributed by atoms with Crippen molar-refractivity contribution in [2.75, 3.05) is 12.4 Å². The van der Waals surface area contributed by atoms with Crippen LogP contribution in [0.2, 0.25) is 5.02 Å². The van der Waals surface area contributed by atoms with Gasteiger partial charge in [0.05, 0.1) is 28.7 Å². The van der Waals surface area contributed by atoms with Crippen molar-refractivity contribution in [1.29, 1.82) is 0 Å². The fraction of sp³-hybridized carbons (Fsp3) is 0.190. The highest BCUT2D eigenvalue weighted by Crippen LogP contribution is 2.29. The lowest BCUT2D eigenvalue weighted by atomic mass is 10.3. The highest BCUT2D eigenvalue weighted by atomic mass is 35.5. The molecule has 0 aliphatic heterocycles. The highest BCUT2D eigenvalue weighted by Gasteiger charge is 2.15. The number of fused-ring (bicyclic) bond motifs is 1. The molecule has 0 radical (unpaired) electrons. The Morgan fingerprint density at radius 1 is 1.07 bits per heavy atom. The van der Waals surface area contributed by atoms with Crippen LogP contribution in [0.4, 0.5) is 11.6 Å². The number of halogens is 1. The average Bonchev–Trinajstić information content (AvgIpc) is 3.09. The van der Waals surface area contributed by atoms with E-state index in [9.17, 15) is 0 Å². The van der Waals surface area contributed by atoms with E-state index in [-0.39, 0.29) is 0 Å². The lowest BCUT2D eigenvalue weighted by molar-refractivity contribution is 0.415. The first-order chi connectivity index (χ1) is 13.7. The largest absolute Gasteiger partial charge is 0.497 e. The van der Waals surface area contributed by atoms with Gasteiger partial charge in [0.25, 0.3) is 0 Å². The minimum Gasteiger partial charge on any atom is -0.497 e. The van der Waals surface area contributed by atoms with Crippen molar-refractivity contribution in [3.63, 3.8) is 0 Å². The number of benzene rings is 2. The number of aryl methyl sites for hydroxylation is 1. The van der Waals surface area contributed by atoms with E-state index in [2.05, 4.69) is 26.8 Å². The predicted molar refractivity (Wildman–Crippen MR) is 112 cm³/mol. The van der Waals surface area contributed by atoms with Crippen molar-refractivity contribution in [2.24, 2.45) is 0 Å². The van der Waals surface area contributed by atoms with Crippen molar-refractivity contribution >= 4 is 34.3 Å². The van der Waals surface area contributed by atoms with Crippen LogP contribution in [0.3, 0.4) is 0 Å². The molecule has 0 aliphatic rings. The first kappa shape index (κ1) is 18.3. The van der Waals surface area contributed by atoms with Gasteiger partial charge in [-0.2, -0.15) is 0 Å². The first-order valence-electron chi connectivity index (χ1n) is 9.08. The maximum atomic E-state index is 6.42. The number of anilines is 2. The third kappa shape index (κ3) is 3.51. The van der Waals surface area contributed by atoms with Crippen LogP contribution in [0.25, 0.3) is 22.4 Å². The minimum absolute atomic E-state index is 0.519. The molecule has 142 valence electrons. The van der Waals surface area contributed by atoms with Crippen LogP contribution in [0, 0.1) is 0 Å². The summed E-state index contributed by atoms with van der Waals surface area (Å²) in [6, 6.07) is 13.4. The van der Waals surface area contributed by atoms with Crippen molar-refractivity contribution in [2.45, 2.75) is 19.9 Å². The summed E-state index contributed by atoms with van der Waals surface area (Å²) in [5.41, 5.74) is 3.55. The molecule has 2 aromatic carbocycles. The summed E-state index contributed by atoms with van der Waals surface area (Å²) in [4.78, 5) is 13.7. The van der Waals surface area contributed by atoms with Gasteiger partial charge in [0.1, 0.15) is 11.6 Å². The maximum absolute atomic E-state index is 6.42. The van der Waals surface area contributed by atoms with E-state index in [0.29, 0.717) is 11.0 Å². The standard InChI is InChI=1S/C21H20ClN5O/c1-3-11-27-19-17(22)5-4-6-18(19)26-20(27)14-12-23-21(24-13-14)25-15-7-9-16(28-2)10-8-15/h4-10,12-13H,3,11H2,1-2H3,(H,23,24,25). The quantitative estimate of drug-likeness (QED) is 0.481. The normalized spacial score (nSPS) is 11.0. The van der Waals surface area contributed by atoms with E-state index in [4.69, 9.17) is 21.3 Å². The van der Waals surface area contributed by atoms with Crippen LogP contribution in [0.1, 0.15) is 13.3 Å². The Balaban J connectivity index is 1.65. The molecule has 0 amide bonds. The molecule has 1 N–H and O–H groups in total. The molecule has 2 aromatic heterocycles. The smallest absolute Gasteiger partial charge is 0.227 e. The summed E-state index contributed by atoms with van der Waals surface area (Å²) in [6.07, 6.45) is 4.53. The number of ether oxygens (including phenoxy) is 1. The third-order valence-corrected chi connectivity index (χ3v) is 4.73. The molecule has 0 aliphatic carbocycles. The van der Waals surface area contributed by atoms with Gasteiger partial charge in [-0.3, -0.25) is 0 Å². The lowest BCUT2D eigenvalue weighted by Crippen LogP contribution is -2.02. The van der Waals surface area contributed by atoms with Gasteiger partial charge in [0.15, 0.2) is 0 Å². The average molecular weight is 394 g/mol. The van der Waals surface area contributed by atoms with Crippen molar-refractivity contribution < 1.29 is 4.74 Å². The van der Waals surface area contributed by atoms with Gasteiger partial charge >= 0.3 is 0 Å². The molecular formula is C21H20ClN5O. The minimum atomic E-state index is 0.519. The fourth-order valence-electron chi connectivity index (χ4n) is 3.11. The molecule has 0 saturated heterocycles. The van der Waals surface area contributed by atoms with E-state index in [1.807, 2.05) is 42.5 Å². The molecule has 28 heavy (non-hydrogen) atoms. The number of hydrogen-bond acceptors (Lipinski definition) is 5. The predicted octanol–water partition coefficient (Wildman–Crippen LogP) is 5.31. The van der Waals surface area contributed by atoms with Gasteiger partial charge in [-0.15, -0.1) is 0 Å². The van der Waals surface area contributed by atoms with Crippen molar-refractivity contribution in [1.82, 2.24) is 19.5 Å². The first-order valence-corrected chi connectivity index (χ1v) is 9.45. The number of methoxy groups -OCH3 is 1. The SMILES string of the molecule is CCCn1c(-c2cnc(Nc3ccc(OC)cc3)nc2)nc2cccc(Cl)c21. The molecule has 4 aromatic rings. The van der Waals surface area contributed by atoms with Crippen molar-refractivity contribution in [3.05, 3.63) is 59.9 Å². The van der Waals surface area contributed by atoms with Crippen LogP contribution in [-0.2, 0) is 6.54 Å². The van der Waals surface area contributed by atoms with E-state index < -0.39 is 0 Å². The zero-order valence-corrected chi connectivity index (χ0v) is 16.4. The van der Waals surface area contributed by atoms with Gasteiger partial charge in [-0.05, 0) is 42.8 Å². The second kappa shape index (κ2) is 7.86. The number of nitrogens with one attached hydrogen (secondary N) is 1. The van der Waals surface area contributed by atoms with Crippen molar-refractivity contribution in [3.8, 4) is 17.1 Å². The molecule has 2 heterocycles. The summed E-state index contributed by atoms with van der Waals surface area (Å²) in [5, 5.41) is 3.88. The Morgan fingerprint density at radius 3 is 2.50 bits per heavy atom. The monoisotopic (exact) mass is 393 g/mol. The molecule has 0 spiro atoms. The topological polar surface area (TPSA) is 64.9 Å². The zero-order chi connectivity index (χ0) is 19.5. The molecule has 7 heteroatoms. The molecule has 0 saturated carbocycles. The fourth-order valence-corrected chi connectivity index (χ4v) is 3.39. The molecule has 0 bridgehead atoms. The zero-order valence-electron chi connectivity index (χ0n) is 15.7. The molecule has 0 atom stereocenters. The number of nitrogens with zero attached hydrogens (tertiary/aromatic N) is 4. The van der Waals surface area contributed by atoms with E-state index in [1.54, 1.807) is 19.5 Å². The molecule has 0 fully saturated rings. The summed E-state index contributed by atoms with van der Waals surface area (Å²) in [6.45, 7) is 2.95. The second-order valence-corrected chi connectivity index (χ2v) is 6.75.